The van der Waals surface area contributed by atoms with E-state index in [2.05, 4.69) is 51.1 Å². The lowest BCUT2D eigenvalue weighted by molar-refractivity contribution is 0.117. The molecular weight excluding hydrogens is 500 g/mol. The summed E-state index contributed by atoms with van der Waals surface area (Å²) in [6, 6.07) is 14.5. The standard InChI is InChI=1S/C29H35ClN6O2/c1-19-15-23(36-12-11-35(13-14-38-3)20(2)18-36)17-25-27(19)34-28(33-25)26-24(8-10-32-29(26)37)31-9-7-21-5-4-6-22(30)16-21/h4-6,8,10,15-17,20H,7,9,11-14,18H2,1-3H3,(H,33,34)(H2,31,32,37)/t20-/m1/s1. The largest absolute Gasteiger partial charge is 0.384 e. The molecule has 3 heterocycles. The molecule has 2 aromatic heterocycles. The van der Waals surface area contributed by atoms with Crippen LogP contribution in [0.15, 0.2) is 53.5 Å². The number of nitrogens with zero attached hydrogens (tertiary/aromatic N) is 3. The number of anilines is 2. The number of halogens is 1. The maximum atomic E-state index is 12.9. The molecule has 5 rings (SSSR count). The summed E-state index contributed by atoms with van der Waals surface area (Å²) in [7, 11) is 1.75. The van der Waals surface area contributed by atoms with E-state index in [0.29, 0.717) is 24.0 Å². The van der Waals surface area contributed by atoms with Crippen molar-refractivity contribution in [2.75, 3.05) is 56.7 Å². The first kappa shape index (κ1) is 26.3. The fraction of sp³-hybridized carbons (Fsp3) is 0.379. The quantitative estimate of drug-likeness (QED) is 0.289. The molecule has 1 aliphatic heterocycles. The van der Waals surface area contributed by atoms with E-state index < -0.39 is 0 Å². The zero-order valence-electron chi connectivity index (χ0n) is 22.2. The van der Waals surface area contributed by atoms with Crippen LogP contribution in [0, 0.1) is 6.92 Å². The summed E-state index contributed by atoms with van der Waals surface area (Å²) in [5.74, 6) is 0.560. The van der Waals surface area contributed by atoms with Crippen LogP contribution in [-0.2, 0) is 11.2 Å². The van der Waals surface area contributed by atoms with Crippen LogP contribution in [0.2, 0.25) is 5.02 Å². The van der Waals surface area contributed by atoms with Crippen molar-refractivity contribution < 1.29 is 4.74 Å². The van der Waals surface area contributed by atoms with Gasteiger partial charge < -0.3 is 24.9 Å². The molecule has 1 aliphatic rings. The number of ether oxygens (including phenoxy) is 1. The molecule has 0 aliphatic carbocycles. The Balaban J connectivity index is 1.37. The zero-order valence-corrected chi connectivity index (χ0v) is 22.9. The predicted molar refractivity (Wildman–Crippen MR) is 156 cm³/mol. The molecule has 4 aromatic rings. The van der Waals surface area contributed by atoms with E-state index in [4.69, 9.17) is 21.3 Å². The molecule has 1 saturated heterocycles. The lowest BCUT2D eigenvalue weighted by atomic mass is 10.1. The second-order valence-corrected chi connectivity index (χ2v) is 10.4. The third-order valence-corrected chi connectivity index (χ3v) is 7.53. The summed E-state index contributed by atoms with van der Waals surface area (Å²) in [5, 5.41) is 4.14. The lowest BCUT2D eigenvalue weighted by Crippen LogP contribution is -2.52. The van der Waals surface area contributed by atoms with Gasteiger partial charge in [-0.05, 0) is 61.7 Å². The van der Waals surface area contributed by atoms with Gasteiger partial charge in [0.15, 0.2) is 0 Å². The monoisotopic (exact) mass is 534 g/mol. The van der Waals surface area contributed by atoms with Crippen LogP contribution in [-0.4, -0.2) is 72.3 Å². The van der Waals surface area contributed by atoms with Crippen molar-refractivity contribution in [3.63, 3.8) is 0 Å². The maximum absolute atomic E-state index is 12.9. The van der Waals surface area contributed by atoms with Gasteiger partial charge in [-0.2, -0.15) is 0 Å². The Morgan fingerprint density at radius 2 is 2.08 bits per heavy atom. The zero-order chi connectivity index (χ0) is 26.6. The van der Waals surface area contributed by atoms with Crippen LogP contribution in [0.4, 0.5) is 11.4 Å². The second kappa shape index (κ2) is 11.6. The van der Waals surface area contributed by atoms with Gasteiger partial charge >= 0.3 is 0 Å². The molecule has 0 radical (unpaired) electrons. The first-order valence-electron chi connectivity index (χ1n) is 13.1. The summed E-state index contributed by atoms with van der Waals surface area (Å²) in [5.41, 5.74) is 6.27. The van der Waals surface area contributed by atoms with E-state index in [-0.39, 0.29) is 5.56 Å². The molecule has 0 saturated carbocycles. The van der Waals surface area contributed by atoms with Gasteiger partial charge in [0.1, 0.15) is 11.4 Å². The van der Waals surface area contributed by atoms with Gasteiger partial charge in [-0.1, -0.05) is 23.7 Å². The van der Waals surface area contributed by atoms with Crippen molar-refractivity contribution in [2.24, 2.45) is 0 Å². The molecule has 1 atom stereocenters. The number of benzene rings is 2. The van der Waals surface area contributed by atoms with Crippen molar-refractivity contribution >= 4 is 34.0 Å². The van der Waals surface area contributed by atoms with E-state index in [1.54, 1.807) is 13.3 Å². The number of aryl methyl sites for hydroxylation is 1. The number of aromatic nitrogens is 3. The van der Waals surface area contributed by atoms with Gasteiger partial charge in [0.05, 0.1) is 23.3 Å². The number of nitrogens with one attached hydrogen (secondary N) is 3. The van der Waals surface area contributed by atoms with Gasteiger partial charge in [0.25, 0.3) is 5.56 Å². The molecular formula is C29H35ClN6O2. The van der Waals surface area contributed by atoms with Gasteiger partial charge in [-0.25, -0.2) is 4.98 Å². The number of rotatable bonds is 9. The molecule has 2 aromatic carbocycles. The first-order chi connectivity index (χ1) is 18.4. The fourth-order valence-corrected chi connectivity index (χ4v) is 5.45. The smallest absolute Gasteiger partial charge is 0.261 e. The van der Waals surface area contributed by atoms with Crippen LogP contribution in [0.3, 0.4) is 0 Å². The van der Waals surface area contributed by atoms with Gasteiger partial charge in [0.2, 0.25) is 0 Å². The number of methoxy groups -OCH3 is 1. The molecule has 0 amide bonds. The Hall–Kier alpha value is -3.33. The summed E-state index contributed by atoms with van der Waals surface area (Å²) in [6.45, 7) is 9.62. The number of fused-ring (bicyclic) bond motifs is 1. The lowest BCUT2D eigenvalue weighted by Gasteiger charge is -2.41. The van der Waals surface area contributed by atoms with Gasteiger partial charge in [0, 0.05) is 62.8 Å². The third-order valence-electron chi connectivity index (χ3n) is 7.29. The highest BCUT2D eigenvalue weighted by atomic mass is 35.5. The first-order valence-corrected chi connectivity index (χ1v) is 13.5. The van der Waals surface area contributed by atoms with Crippen LogP contribution in [0.5, 0.6) is 0 Å². The Bertz CT molecular complexity index is 1470. The Labute approximate surface area is 228 Å². The maximum Gasteiger partial charge on any atom is 0.261 e. The number of H-pyrrole nitrogens is 2. The van der Waals surface area contributed by atoms with E-state index in [9.17, 15) is 4.79 Å². The Morgan fingerprint density at radius 1 is 1.21 bits per heavy atom. The van der Waals surface area contributed by atoms with Crippen LogP contribution in [0.1, 0.15) is 18.1 Å². The summed E-state index contributed by atoms with van der Waals surface area (Å²) in [6.07, 6.45) is 2.44. The van der Waals surface area contributed by atoms with Crippen molar-refractivity contribution in [3.05, 3.63) is 75.2 Å². The normalized spacial score (nSPS) is 16.3. The average molecular weight is 535 g/mol. The summed E-state index contributed by atoms with van der Waals surface area (Å²) >= 11 is 6.12. The van der Waals surface area contributed by atoms with Gasteiger partial charge in [-0.15, -0.1) is 0 Å². The average Bonchev–Trinajstić information content (AvgIpc) is 3.32. The number of imidazole rings is 1. The predicted octanol–water partition coefficient (Wildman–Crippen LogP) is 4.69. The molecule has 0 spiro atoms. The number of pyridine rings is 1. The van der Waals surface area contributed by atoms with Crippen LogP contribution >= 0.6 is 11.6 Å². The van der Waals surface area contributed by atoms with Crippen molar-refractivity contribution in [3.8, 4) is 11.4 Å². The minimum atomic E-state index is -0.185. The fourth-order valence-electron chi connectivity index (χ4n) is 5.24. The Morgan fingerprint density at radius 3 is 2.87 bits per heavy atom. The number of piperazine rings is 1. The number of aromatic amines is 2. The van der Waals surface area contributed by atoms with E-state index >= 15 is 0 Å². The Kier molecular flexibility index (Phi) is 8.02. The third kappa shape index (κ3) is 5.72. The van der Waals surface area contributed by atoms with Crippen molar-refractivity contribution in [1.82, 2.24) is 19.9 Å². The number of hydrogen-bond donors (Lipinski definition) is 3. The molecule has 38 heavy (non-hydrogen) atoms. The van der Waals surface area contributed by atoms with E-state index in [1.807, 2.05) is 30.3 Å². The highest BCUT2D eigenvalue weighted by molar-refractivity contribution is 6.30. The highest BCUT2D eigenvalue weighted by Gasteiger charge is 2.24. The van der Waals surface area contributed by atoms with Gasteiger partial charge in [-0.3, -0.25) is 9.69 Å². The molecule has 8 nitrogen and oxygen atoms in total. The second-order valence-electron chi connectivity index (χ2n) is 9.97. The SMILES string of the molecule is COCCN1CCN(c2cc(C)c3nc(-c4c(NCCc5cccc(Cl)c5)cc[nH]c4=O)[nH]c3c2)C[C@H]1C. The topological polar surface area (TPSA) is 89.3 Å². The minimum Gasteiger partial charge on any atom is -0.384 e. The molecule has 3 N–H and O–H groups in total. The summed E-state index contributed by atoms with van der Waals surface area (Å²) < 4.78 is 5.27. The minimum absolute atomic E-state index is 0.185. The highest BCUT2D eigenvalue weighted by Crippen LogP contribution is 2.30. The number of hydrogen-bond acceptors (Lipinski definition) is 6. The molecule has 9 heteroatoms. The molecule has 0 unspecified atom stereocenters. The van der Waals surface area contributed by atoms with Crippen LogP contribution in [0.25, 0.3) is 22.4 Å². The van der Waals surface area contributed by atoms with E-state index in [0.717, 1.165) is 72.1 Å². The molecule has 0 bridgehead atoms. The summed E-state index contributed by atoms with van der Waals surface area (Å²) in [4.78, 5) is 28.9. The molecule has 200 valence electrons. The van der Waals surface area contributed by atoms with Crippen molar-refractivity contribution in [1.29, 1.82) is 0 Å². The van der Waals surface area contributed by atoms with E-state index in [1.165, 1.54) is 5.69 Å². The molecule has 1 fully saturated rings. The van der Waals surface area contributed by atoms with Crippen LogP contribution < -0.4 is 15.8 Å². The van der Waals surface area contributed by atoms with Crippen molar-refractivity contribution in [2.45, 2.75) is 26.3 Å².